The van der Waals surface area contributed by atoms with Crippen molar-refractivity contribution in [1.29, 1.82) is 0 Å². The van der Waals surface area contributed by atoms with Gasteiger partial charge in [0.1, 0.15) is 6.61 Å². The molecule has 0 aromatic carbocycles. The van der Waals surface area contributed by atoms with Gasteiger partial charge >= 0.3 is 6.09 Å². The number of ether oxygens (including phenoxy) is 1. The molecule has 0 bridgehead atoms. The standard InChI is InChI=1S/C10H13N3O2S/c1-2-5-15-10(14)13-9-12-7-6-11-4-3-8(7)16-9/h2,11H,1,3-6H2,(H,12,13,14). The van der Waals surface area contributed by atoms with Crippen LogP contribution in [0.25, 0.3) is 0 Å². The smallest absolute Gasteiger partial charge is 0.413 e. The summed E-state index contributed by atoms with van der Waals surface area (Å²) in [6.07, 6.45) is 2.01. The van der Waals surface area contributed by atoms with E-state index in [0.717, 1.165) is 25.2 Å². The number of hydrogen-bond donors (Lipinski definition) is 2. The zero-order chi connectivity index (χ0) is 11.4. The van der Waals surface area contributed by atoms with Gasteiger partial charge in [-0.3, -0.25) is 5.32 Å². The van der Waals surface area contributed by atoms with Crippen molar-refractivity contribution in [3.63, 3.8) is 0 Å². The molecular formula is C10H13N3O2S. The van der Waals surface area contributed by atoms with Crippen molar-refractivity contribution in [1.82, 2.24) is 10.3 Å². The normalized spacial score (nSPS) is 14.0. The van der Waals surface area contributed by atoms with E-state index in [1.807, 2.05) is 0 Å². The molecule has 1 aliphatic heterocycles. The first kappa shape index (κ1) is 11.1. The van der Waals surface area contributed by atoms with Crippen LogP contribution in [0.3, 0.4) is 0 Å². The number of aromatic nitrogens is 1. The molecule has 2 N–H and O–H groups in total. The average Bonchev–Trinajstić information content (AvgIpc) is 2.68. The van der Waals surface area contributed by atoms with Crippen molar-refractivity contribution >= 4 is 22.6 Å². The van der Waals surface area contributed by atoms with Crippen LogP contribution in [0, 0.1) is 0 Å². The Kier molecular flexibility index (Phi) is 3.53. The molecule has 5 nitrogen and oxygen atoms in total. The first-order valence-corrected chi connectivity index (χ1v) is 5.85. The predicted octanol–water partition coefficient (Wildman–Crippen LogP) is 1.52. The Morgan fingerprint density at radius 2 is 2.62 bits per heavy atom. The van der Waals surface area contributed by atoms with E-state index in [0.29, 0.717) is 5.13 Å². The molecule has 0 spiro atoms. The van der Waals surface area contributed by atoms with Crippen LogP contribution in [-0.4, -0.2) is 24.2 Å². The van der Waals surface area contributed by atoms with Crippen LogP contribution in [0.2, 0.25) is 0 Å². The van der Waals surface area contributed by atoms with Gasteiger partial charge in [-0.05, 0) is 6.42 Å². The summed E-state index contributed by atoms with van der Waals surface area (Å²) in [4.78, 5) is 16.8. The number of carbonyl (C=O) groups is 1. The number of anilines is 1. The van der Waals surface area contributed by atoms with Gasteiger partial charge in [0.15, 0.2) is 5.13 Å². The minimum Gasteiger partial charge on any atom is -0.445 e. The van der Waals surface area contributed by atoms with Crippen molar-refractivity contribution in [3.8, 4) is 0 Å². The largest absolute Gasteiger partial charge is 0.445 e. The highest BCUT2D eigenvalue weighted by atomic mass is 32.1. The van der Waals surface area contributed by atoms with E-state index in [4.69, 9.17) is 4.74 Å². The van der Waals surface area contributed by atoms with Crippen molar-refractivity contribution in [2.45, 2.75) is 13.0 Å². The van der Waals surface area contributed by atoms with Crippen LogP contribution < -0.4 is 10.6 Å². The quantitative estimate of drug-likeness (QED) is 0.785. The third-order valence-corrected chi connectivity index (χ3v) is 3.21. The molecule has 0 atom stereocenters. The Hall–Kier alpha value is -1.40. The lowest BCUT2D eigenvalue weighted by molar-refractivity contribution is 0.174. The summed E-state index contributed by atoms with van der Waals surface area (Å²) in [6.45, 7) is 5.41. The monoisotopic (exact) mass is 239 g/mol. The highest BCUT2D eigenvalue weighted by molar-refractivity contribution is 7.15. The van der Waals surface area contributed by atoms with Gasteiger partial charge in [-0.15, -0.1) is 11.3 Å². The molecular weight excluding hydrogens is 226 g/mol. The summed E-state index contributed by atoms with van der Waals surface area (Å²) < 4.78 is 4.81. The lowest BCUT2D eigenvalue weighted by Crippen LogP contribution is -2.22. The summed E-state index contributed by atoms with van der Waals surface area (Å²) >= 11 is 1.51. The fourth-order valence-electron chi connectivity index (χ4n) is 1.44. The van der Waals surface area contributed by atoms with Gasteiger partial charge in [-0.25, -0.2) is 9.78 Å². The molecule has 0 saturated heterocycles. The van der Waals surface area contributed by atoms with Gasteiger partial charge in [0.05, 0.1) is 5.69 Å². The minimum atomic E-state index is -0.487. The highest BCUT2D eigenvalue weighted by Gasteiger charge is 2.15. The van der Waals surface area contributed by atoms with E-state index in [9.17, 15) is 4.79 Å². The van der Waals surface area contributed by atoms with Crippen LogP contribution >= 0.6 is 11.3 Å². The van der Waals surface area contributed by atoms with E-state index in [-0.39, 0.29) is 6.61 Å². The molecule has 1 aromatic heterocycles. The first-order chi connectivity index (χ1) is 7.79. The Morgan fingerprint density at radius 3 is 3.38 bits per heavy atom. The third kappa shape index (κ3) is 2.59. The maximum absolute atomic E-state index is 11.3. The SMILES string of the molecule is C=CCOC(=O)Nc1nc2c(s1)CCNC2. The summed E-state index contributed by atoms with van der Waals surface area (Å²) in [5.41, 5.74) is 1.02. The number of hydrogen-bond acceptors (Lipinski definition) is 5. The van der Waals surface area contributed by atoms with E-state index in [1.54, 1.807) is 0 Å². The van der Waals surface area contributed by atoms with E-state index in [2.05, 4.69) is 22.2 Å². The van der Waals surface area contributed by atoms with Crippen LogP contribution in [0.5, 0.6) is 0 Å². The zero-order valence-electron chi connectivity index (χ0n) is 8.78. The van der Waals surface area contributed by atoms with Crippen LogP contribution in [0.1, 0.15) is 10.6 Å². The second-order valence-corrected chi connectivity index (χ2v) is 4.41. The molecule has 2 rings (SSSR count). The van der Waals surface area contributed by atoms with Crippen LogP contribution in [0.15, 0.2) is 12.7 Å². The van der Waals surface area contributed by atoms with Gasteiger partial charge in [-0.1, -0.05) is 12.7 Å². The number of nitrogens with zero attached hydrogens (tertiary/aromatic N) is 1. The molecule has 86 valence electrons. The Labute approximate surface area is 97.5 Å². The molecule has 0 fully saturated rings. The molecule has 16 heavy (non-hydrogen) atoms. The molecule has 1 aliphatic rings. The molecule has 0 unspecified atom stereocenters. The van der Waals surface area contributed by atoms with Crippen LogP contribution in [-0.2, 0) is 17.7 Å². The fourth-order valence-corrected chi connectivity index (χ4v) is 2.40. The Morgan fingerprint density at radius 1 is 1.75 bits per heavy atom. The van der Waals surface area contributed by atoms with E-state index >= 15 is 0 Å². The number of rotatable bonds is 3. The van der Waals surface area contributed by atoms with E-state index in [1.165, 1.54) is 22.3 Å². The molecule has 0 radical (unpaired) electrons. The van der Waals surface area contributed by atoms with Gasteiger partial charge in [-0.2, -0.15) is 0 Å². The highest BCUT2D eigenvalue weighted by Crippen LogP contribution is 2.25. The number of carbonyl (C=O) groups excluding carboxylic acids is 1. The minimum absolute atomic E-state index is 0.207. The number of amides is 1. The van der Waals surface area contributed by atoms with Gasteiger partial charge < -0.3 is 10.1 Å². The van der Waals surface area contributed by atoms with E-state index < -0.39 is 6.09 Å². The summed E-state index contributed by atoms with van der Waals surface area (Å²) in [7, 11) is 0. The predicted molar refractivity (Wildman–Crippen MR) is 62.7 cm³/mol. The fraction of sp³-hybridized carbons (Fsp3) is 0.400. The van der Waals surface area contributed by atoms with Crippen molar-refractivity contribution < 1.29 is 9.53 Å². The number of nitrogens with one attached hydrogen (secondary N) is 2. The Balaban J connectivity index is 1.96. The molecule has 0 saturated carbocycles. The van der Waals surface area contributed by atoms with Crippen molar-refractivity contribution in [3.05, 3.63) is 23.2 Å². The molecule has 2 heterocycles. The molecule has 1 aromatic rings. The molecule has 0 aliphatic carbocycles. The second kappa shape index (κ2) is 5.09. The maximum atomic E-state index is 11.3. The number of thiazole rings is 1. The summed E-state index contributed by atoms with van der Waals surface area (Å²) in [6, 6.07) is 0. The topological polar surface area (TPSA) is 63.2 Å². The lowest BCUT2D eigenvalue weighted by atomic mass is 10.2. The van der Waals surface area contributed by atoms with Gasteiger partial charge in [0, 0.05) is 18.0 Å². The van der Waals surface area contributed by atoms with Gasteiger partial charge in [0.25, 0.3) is 0 Å². The lowest BCUT2D eigenvalue weighted by Gasteiger charge is -2.09. The second-order valence-electron chi connectivity index (χ2n) is 3.33. The molecule has 1 amide bonds. The first-order valence-electron chi connectivity index (χ1n) is 5.03. The zero-order valence-corrected chi connectivity index (χ0v) is 9.60. The maximum Gasteiger partial charge on any atom is 0.413 e. The van der Waals surface area contributed by atoms with Crippen molar-refractivity contribution in [2.75, 3.05) is 18.5 Å². The Bertz CT molecular complexity index is 379. The average molecular weight is 239 g/mol. The summed E-state index contributed by atoms with van der Waals surface area (Å²) in [5, 5.41) is 6.43. The van der Waals surface area contributed by atoms with Crippen LogP contribution in [0.4, 0.5) is 9.93 Å². The summed E-state index contributed by atoms with van der Waals surface area (Å²) in [5.74, 6) is 0. The van der Waals surface area contributed by atoms with Gasteiger partial charge in [0.2, 0.25) is 0 Å². The number of fused-ring (bicyclic) bond motifs is 1. The van der Waals surface area contributed by atoms with Crippen molar-refractivity contribution in [2.24, 2.45) is 0 Å². The molecule has 6 heteroatoms. The third-order valence-electron chi connectivity index (χ3n) is 2.14.